The number of hydrogen-bond acceptors (Lipinski definition) is 5. The van der Waals surface area contributed by atoms with Crippen molar-refractivity contribution < 1.29 is 19.6 Å². The molecule has 1 amide bonds. The number of nitro benzene ring substituents is 1. The van der Waals surface area contributed by atoms with Gasteiger partial charge >= 0.3 is 5.97 Å². The minimum absolute atomic E-state index is 0.0758. The molecule has 1 aromatic rings. The van der Waals surface area contributed by atoms with E-state index < -0.39 is 15.6 Å². The molecular formula is C13H14N2O5S. The number of nitrogens with one attached hydrogen (secondary N) is 1. The maximum atomic E-state index is 12.3. The van der Waals surface area contributed by atoms with Crippen molar-refractivity contribution in [3.8, 4) is 0 Å². The summed E-state index contributed by atoms with van der Waals surface area (Å²) in [6.07, 6.45) is 1.65. The molecule has 0 aromatic heterocycles. The highest BCUT2D eigenvalue weighted by atomic mass is 32.2. The fourth-order valence-corrected chi connectivity index (χ4v) is 3.35. The predicted molar refractivity (Wildman–Crippen MR) is 78.8 cm³/mol. The Balaban J connectivity index is 2.29. The van der Waals surface area contributed by atoms with Crippen molar-refractivity contribution in [1.29, 1.82) is 0 Å². The van der Waals surface area contributed by atoms with Crippen LogP contribution in [0.1, 0.15) is 30.1 Å². The van der Waals surface area contributed by atoms with Crippen LogP contribution in [-0.4, -0.2) is 32.4 Å². The number of amides is 1. The van der Waals surface area contributed by atoms with Crippen LogP contribution in [0.15, 0.2) is 18.2 Å². The highest BCUT2D eigenvalue weighted by molar-refractivity contribution is 8.01. The van der Waals surface area contributed by atoms with Crippen molar-refractivity contribution in [1.82, 2.24) is 0 Å². The summed E-state index contributed by atoms with van der Waals surface area (Å²) >= 11 is 1.53. The average Bonchev–Trinajstić information content (AvgIpc) is 2.87. The first-order valence-corrected chi connectivity index (χ1v) is 7.29. The molecule has 0 spiro atoms. The first-order chi connectivity index (χ1) is 9.83. The van der Waals surface area contributed by atoms with Gasteiger partial charge in [0.25, 0.3) is 5.69 Å². The Morgan fingerprint density at radius 1 is 1.48 bits per heavy atom. The molecule has 1 saturated heterocycles. The van der Waals surface area contributed by atoms with Gasteiger partial charge in [0.15, 0.2) is 0 Å². The normalized spacial score (nSPS) is 21.0. The summed E-state index contributed by atoms with van der Waals surface area (Å²) in [7, 11) is 0. The molecule has 1 unspecified atom stereocenters. The van der Waals surface area contributed by atoms with E-state index in [0.29, 0.717) is 0 Å². The molecule has 2 rings (SSSR count). The van der Waals surface area contributed by atoms with Crippen LogP contribution in [0, 0.1) is 10.1 Å². The van der Waals surface area contributed by atoms with Crippen LogP contribution in [0.5, 0.6) is 0 Å². The first-order valence-electron chi connectivity index (χ1n) is 6.30. The third kappa shape index (κ3) is 3.15. The van der Waals surface area contributed by atoms with Crippen LogP contribution in [0.3, 0.4) is 0 Å². The molecule has 0 bridgehead atoms. The van der Waals surface area contributed by atoms with E-state index in [1.54, 1.807) is 0 Å². The Morgan fingerprint density at radius 3 is 2.71 bits per heavy atom. The number of benzene rings is 1. The molecule has 0 saturated carbocycles. The third-order valence-corrected chi connectivity index (χ3v) is 4.91. The van der Waals surface area contributed by atoms with Crippen molar-refractivity contribution in [2.75, 3.05) is 11.1 Å². The number of anilines is 1. The number of aromatic carboxylic acids is 1. The average molecular weight is 310 g/mol. The summed E-state index contributed by atoms with van der Waals surface area (Å²) in [6, 6.07) is 3.37. The summed E-state index contributed by atoms with van der Waals surface area (Å²) in [4.78, 5) is 33.5. The lowest BCUT2D eigenvalue weighted by Crippen LogP contribution is -2.35. The number of thioether (sulfide) groups is 1. The van der Waals surface area contributed by atoms with Crippen LogP contribution in [-0.2, 0) is 4.79 Å². The molecule has 1 aromatic carbocycles. The van der Waals surface area contributed by atoms with E-state index in [1.165, 1.54) is 23.9 Å². The summed E-state index contributed by atoms with van der Waals surface area (Å²) in [6.45, 7) is 1.81. The van der Waals surface area contributed by atoms with Gasteiger partial charge in [0.05, 0.1) is 20.9 Å². The van der Waals surface area contributed by atoms with Gasteiger partial charge in [0.2, 0.25) is 5.91 Å². The molecule has 1 fully saturated rings. The van der Waals surface area contributed by atoms with Gasteiger partial charge in [-0.3, -0.25) is 14.9 Å². The summed E-state index contributed by atoms with van der Waals surface area (Å²) in [5, 5.41) is 22.4. The van der Waals surface area contributed by atoms with Gasteiger partial charge in [-0.15, -0.1) is 11.8 Å². The molecule has 2 N–H and O–H groups in total. The van der Waals surface area contributed by atoms with Gasteiger partial charge in [0, 0.05) is 12.1 Å². The zero-order valence-electron chi connectivity index (χ0n) is 11.3. The van der Waals surface area contributed by atoms with Crippen molar-refractivity contribution >= 4 is 35.0 Å². The van der Waals surface area contributed by atoms with E-state index in [4.69, 9.17) is 5.11 Å². The zero-order valence-corrected chi connectivity index (χ0v) is 12.1. The second-order valence-electron chi connectivity index (χ2n) is 4.93. The van der Waals surface area contributed by atoms with Crippen LogP contribution in [0.25, 0.3) is 0 Å². The lowest BCUT2D eigenvalue weighted by molar-refractivity contribution is -0.384. The van der Waals surface area contributed by atoms with Gasteiger partial charge in [-0.2, -0.15) is 0 Å². The minimum atomic E-state index is -1.32. The number of carboxylic acid groups (broad SMARTS) is 1. The molecule has 0 aliphatic carbocycles. The number of carbonyl (C=O) groups excluding carboxylic acids is 1. The number of hydrogen-bond donors (Lipinski definition) is 2. The van der Waals surface area contributed by atoms with E-state index in [-0.39, 0.29) is 22.8 Å². The van der Waals surface area contributed by atoms with E-state index in [0.717, 1.165) is 24.7 Å². The maximum Gasteiger partial charge on any atom is 0.338 e. The first kappa shape index (κ1) is 15.3. The number of carbonyl (C=O) groups is 2. The van der Waals surface area contributed by atoms with Crippen molar-refractivity contribution in [3.05, 3.63) is 33.9 Å². The molecule has 112 valence electrons. The number of non-ortho nitro benzene ring substituents is 1. The third-order valence-electron chi connectivity index (χ3n) is 3.39. The second-order valence-corrected chi connectivity index (χ2v) is 6.53. The van der Waals surface area contributed by atoms with Gasteiger partial charge in [-0.25, -0.2) is 4.79 Å². The lowest BCUT2D eigenvalue weighted by atomic mass is 10.0. The Morgan fingerprint density at radius 2 is 2.19 bits per heavy atom. The Hall–Kier alpha value is -2.09. The van der Waals surface area contributed by atoms with E-state index in [1.807, 2.05) is 6.92 Å². The monoisotopic (exact) mass is 310 g/mol. The molecule has 21 heavy (non-hydrogen) atoms. The van der Waals surface area contributed by atoms with Crippen LogP contribution < -0.4 is 5.32 Å². The van der Waals surface area contributed by atoms with Gasteiger partial charge in [-0.05, 0) is 31.6 Å². The number of nitro groups is 1. The number of carboxylic acids is 1. The quantitative estimate of drug-likeness (QED) is 0.653. The van der Waals surface area contributed by atoms with Crippen molar-refractivity contribution in [2.24, 2.45) is 0 Å². The predicted octanol–water partition coefficient (Wildman–Crippen LogP) is 2.52. The largest absolute Gasteiger partial charge is 0.478 e. The zero-order chi connectivity index (χ0) is 15.6. The summed E-state index contributed by atoms with van der Waals surface area (Å²) < 4.78 is -0.586. The maximum absolute atomic E-state index is 12.3. The smallest absolute Gasteiger partial charge is 0.338 e. The molecule has 7 nitrogen and oxygen atoms in total. The summed E-state index contributed by atoms with van der Waals surface area (Å²) in [5.41, 5.74) is -0.539. The fourth-order valence-electron chi connectivity index (χ4n) is 2.14. The Labute approximate surface area is 124 Å². The number of nitrogens with zero attached hydrogens (tertiary/aromatic N) is 1. The van der Waals surface area contributed by atoms with E-state index >= 15 is 0 Å². The van der Waals surface area contributed by atoms with E-state index in [9.17, 15) is 19.7 Å². The topological polar surface area (TPSA) is 110 Å². The molecule has 1 atom stereocenters. The molecule has 8 heteroatoms. The molecule has 1 aliphatic rings. The van der Waals surface area contributed by atoms with Crippen LogP contribution >= 0.6 is 11.8 Å². The molecule has 0 radical (unpaired) electrons. The van der Waals surface area contributed by atoms with Gasteiger partial charge in [-0.1, -0.05) is 0 Å². The second kappa shape index (κ2) is 5.72. The van der Waals surface area contributed by atoms with Crippen LogP contribution in [0.4, 0.5) is 11.4 Å². The summed E-state index contributed by atoms with van der Waals surface area (Å²) in [5.74, 6) is -0.713. The Bertz CT molecular complexity index is 611. The standard InChI is InChI=1S/C13H14N2O5S/c1-13(5-2-6-21-13)12(18)14-10-4-3-8(15(19)20)7-9(10)11(16)17/h3-4,7H,2,5-6H2,1H3,(H,14,18)(H,16,17). The molecule has 1 aliphatic heterocycles. The highest BCUT2D eigenvalue weighted by Gasteiger charge is 2.37. The van der Waals surface area contributed by atoms with Crippen molar-refractivity contribution in [2.45, 2.75) is 24.5 Å². The Kier molecular flexibility index (Phi) is 4.17. The fraction of sp³-hybridized carbons (Fsp3) is 0.385. The van der Waals surface area contributed by atoms with E-state index in [2.05, 4.69) is 5.32 Å². The SMILES string of the molecule is CC1(C(=O)Nc2ccc([N+](=O)[O-])cc2C(=O)O)CCCS1. The molecular weight excluding hydrogens is 296 g/mol. The van der Waals surface area contributed by atoms with Gasteiger partial charge in [0.1, 0.15) is 0 Å². The minimum Gasteiger partial charge on any atom is -0.478 e. The highest BCUT2D eigenvalue weighted by Crippen LogP contribution is 2.38. The van der Waals surface area contributed by atoms with Crippen molar-refractivity contribution in [3.63, 3.8) is 0 Å². The number of rotatable bonds is 4. The lowest BCUT2D eigenvalue weighted by Gasteiger charge is -2.22. The van der Waals surface area contributed by atoms with Gasteiger partial charge < -0.3 is 10.4 Å². The van der Waals surface area contributed by atoms with Crippen LogP contribution in [0.2, 0.25) is 0 Å². The molecule has 1 heterocycles.